The molecule has 0 bridgehead atoms. The number of ketones is 2. The number of hydrogen-bond donors (Lipinski definition) is 2. The summed E-state index contributed by atoms with van der Waals surface area (Å²) in [7, 11) is 0. The number of hydrogen-bond acceptors (Lipinski definition) is 5. The summed E-state index contributed by atoms with van der Waals surface area (Å²) < 4.78 is 6.02. The Morgan fingerprint density at radius 1 is 0.886 bits per heavy atom. The third kappa shape index (κ3) is 8.44. The summed E-state index contributed by atoms with van der Waals surface area (Å²) in [6.45, 7) is 7.93. The van der Waals surface area contributed by atoms with E-state index in [0.29, 0.717) is 25.1 Å². The molecule has 4 rings (SSSR count). The Labute approximate surface area is 260 Å². The number of rotatable bonds is 15. The summed E-state index contributed by atoms with van der Waals surface area (Å²) in [6, 6.07) is 24.0. The van der Waals surface area contributed by atoms with Crippen molar-refractivity contribution in [3.63, 3.8) is 0 Å². The quantitative estimate of drug-likeness (QED) is 0.229. The topological polar surface area (TPSA) is 95.9 Å². The van der Waals surface area contributed by atoms with Crippen LogP contribution in [-0.4, -0.2) is 52.9 Å². The fourth-order valence-corrected chi connectivity index (χ4v) is 5.98. The number of nitrogens with one attached hydrogen (secondary N) is 1. The first-order valence-corrected chi connectivity index (χ1v) is 15.4. The molecule has 3 aromatic rings. The molecule has 0 aromatic heterocycles. The van der Waals surface area contributed by atoms with Crippen LogP contribution in [0.3, 0.4) is 0 Å². The second-order valence-corrected chi connectivity index (χ2v) is 12.0. The molecule has 0 aliphatic carbocycles. The molecule has 7 nitrogen and oxygen atoms in total. The second-order valence-electron chi connectivity index (χ2n) is 12.0. The molecule has 3 aromatic carbocycles. The third-order valence-electron chi connectivity index (χ3n) is 8.29. The second kappa shape index (κ2) is 15.5. The largest absolute Gasteiger partial charge is 0.485 e. The molecule has 7 heteroatoms. The number of amides is 2. The van der Waals surface area contributed by atoms with Crippen LogP contribution in [0.4, 0.5) is 4.79 Å². The van der Waals surface area contributed by atoms with Gasteiger partial charge in [-0.05, 0) is 67.4 Å². The summed E-state index contributed by atoms with van der Waals surface area (Å²) in [4.78, 5) is 42.4. The van der Waals surface area contributed by atoms with Gasteiger partial charge in [0, 0.05) is 18.7 Å². The van der Waals surface area contributed by atoms with Crippen molar-refractivity contribution in [1.82, 2.24) is 10.2 Å². The molecular weight excluding hydrogens is 552 g/mol. The molecule has 4 unspecified atom stereocenters. The van der Waals surface area contributed by atoms with E-state index in [1.165, 1.54) is 4.90 Å². The van der Waals surface area contributed by atoms with Crippen LogP contribution in [0.5, 0.6) is 5.75 Å². The highest BCUT2D eigenvalue weighted by atomic mass is 16.5. The number of aryl methyl sites for hydroxylation is 2. The van der Waals surface area contributed by atoms with Crippen molar-refractivity contribution >= 4 is 17.6 Å². The minimum atomic E-state index is -1.11. The first kappa shape index (κ1) is 32.7. The van der Waals surface area contributed by atoms with Gasteiger partial charge < -0.3 is 15.2 Å². The van der Waals surface area contributed by atoms with Crippen LogP contribution in [0.15, 0.2) is 91.1 Å². The average molecular weight is 597 g/mol. The molecule has 0 saturated heterocycles. The molecule has 1 aliphatic rings. The van der Waals surface area contributed by atoms with Crippen LogP contribution in [0, 0.1) is 31.6 Å². The molecule has 2 amide bonds. The van der Waals surface area contributed by atoms with Crippen molar-refractivity contribution < 1.29 is 24.2 Å². The molecule has 2 N–H and O–H groups in total. The Morgan fingerprint density at radius 3 is 2.05 bits per heavy atom. The predicted octanol–water partition coefficient (Wildman–Crippen LogP) is 5.85. The predicted molar refractivity (Wildman–Crippen MR) is 172 cm³/mol. The van der Waals surface area contributed by atoms with Crippen LogP contribution in [0.2, 0.25) is 0 Å². The highest BCUT2D eigenvalue weighted by Crippen LogP contribution is 2.28. The maximum absolute atomic E-state index is 14.3. The average Bonchev–Trinajstić information content (AvgIpc) is 3.01. The van der Waals surface area contributed by atoms with E-state index < -0.39 is 24.0 Å². The maximum atomic E-state index is 14.3. The number of ether oxygens (including phenoxy) is 1. The number of urea groups is 1. The number of carbonyl (C=O) groups excluding carboxylic acids is 3. The molecular formula is C37H44N2O5. The van der Waals surface area contributed by atoms with Gasteiger partial charge in [0.1, 0.15) is 12.4 Å². The molecule has 0 fully saturated rings. The van der Waals surface area contributed by atoms with Gasteiger partial charge in [0.15, 0.2) is 11.6 Å². The molecule has 0 spiro atoms. The highest BCUT2D eigenvalue weighted by molar-refractivity contribution is 5.91. The Hall–Kier alpha value is -4.23. The van der Waals surface area contributed by atoms with Gasteiger partial charge in [0.05, 0.1) is 18.1 Å². The first-order chi connectivity index (χ1) is 21.2. The summed E-state index contributed by atoms with van der Waals surface area (Å²) in [5.74, 6) is -1.29. The van der Waals surface area contributed by atoms with Gasteiger partial charge in [-0.2, -0.15) is 0 Å². The fourth-order valence-electron chi connectivity index (χ4n) is 5.98. The van der Waals surface area contributed by atoms with Crippen molar-refractivity contribution in [1.29, 1.82) is 0 Å². The van der Waals surface area contributed by atoms with Crippen molar-refractivity contribution in [2.75, 3.05) is 13.2 Å². The number of carbonyl (C=O) groups is 3. The van der Waals surface area contributed by atoms with Crippen LogP contribution >= 0.6 is 0 Å². The third-order valence-corrected chi connectivity index (χ3v) is 8.29. The van der Waals surface area contributed by atoms with Crippen molar-refractivity contribution in [3.05, 3.63) is 113 Å². The monoisotopic (exact) mass is 596 g/mol. The maximum Gasteiger partial charge on any atom is 0.322 e. The summed E-state index contributed by atoms with van der Waals surface area (Å²) in [5, 5.41) is 14.6. The van der Waals surface area contributed by atoms with Crippen LogP contribution in [-0.2, 0) is 22.4 Å². The number of benzene rings is 3. The van der Waals surface area contributed by atoms with Gasteiger partial charge in [0.25, 0.3) is 0 Å². The number of para-hydroxylation sites is 1. The van der Waals surface area contributed by atoms with Crippen LogP contribution < -0.4 is 10.1 Å². The van der Waals surface area contributed by atoms with E-state index in [-0.39, 0.29) is 36.5 Å². The molecule has 4 atom stereocenters. The Kier molecular flexibility index (Phi) is 11.5. The molecule has 232 valence electrons. The molecule has 0 saturated carbocycles. The van der Waals surface area contributed by atoms with E-state index in [0.717, 1.165) is 22.3 Å². The molecule has 1 heterocycles. The summed E-state index contributed by atoms with van der Waals surface area (Å²) in [5.41, 5.74) is 3.73. The van der Waals surface area contributed by atoms with Gasteiger partial charge in [-0.1, -0.05) is 92.7 Å². The molecule has 1 aliphatic heterocycles. The van der Waals surface area contributed by atoms with E-state index in [1.807, 2.05) is 113 Å². The smallest absolute Gasteiger partial charge is 0.322 e. The number of aliphatic hydroxyl groups is 1. The lowest BCUT2D eigenvalue weighted by Gasteiger charge is -2.35. The van der Waals surface area contributed by atoms with Crippen LogP contribution in [0.1, 0.15) is 42.5 Å². The number of nitrogens with zero attached hydrogens (tertiary/aromatic N) is 1. The standard InChI is InChI=1S/C37H44N2O5/c1-25(2)34(39-20-12-19-38-37(39)43)35(42)30(21-28-15-7-5-8-16-28)23-32(40)31(22-29-17-9-6-10-18-29)33(41)24-44-36-26(3)13-11-14-27(36)4/h5-18,20,25,30-32,34,40H,19,21-24H2,1-4H3,(H,38,43). The van der Waals surface area contributed by atoms with E-state index >= 15 is 0 Å². The van der Waals surface area contributed by atoms with Gasteiger partial charge >= 0.3 is 6.03 Å². The zero-order valence-corrected chi connectivity index (χ0v) is 26.1. The Bertz CT molecular complexity index is 1420. The van der Waals surface area contributed by atoms with Gasteiger partial charge in [-0.15, -0.1) is 0 Å². The lowest BCUT2D eigenvalue weighted by molar-refractivity contribution is -0.133. The normalized spacial score (nSPS) is 15.8. The Balaban J connectivity index is 1.62. The highest BCUT2D eigenvalue weighted by Gasteiger charge is 2.39. The fraction of sp³-hybridized carbons (Fsp3) is 0.378. The van der Waals surface area contributed by atoms with Gasteiger partial charge in [-0.25, -0.2) is 4.79 Å². The number of Topliss-reactive ketones (excluding diaryl/α,β-unsaturated/α-hetero) is 2. The Morgan fingerprint density at radius 2 is 1.48 bits per heavy atom. The first-order valence-electron chi connectivity index (χ1n) is 15.4. The zero-order chi connectivity index (χ0) is 31.6. The SMILES string of the molecule is Cc1cccc(C)c1OCC(=O)C(Cc1ccccc1)C(O)CC(Cc1ccccc1)C(=O)C(C(C)C)N1C=CCNC1=O. The number of aliphatic hydroxyl groups excluding tert-OH is 1. The molecule has 44 heavy (non-hydrogen) atoms. The van der Waals surface area contributed by atoms with Gasteiger partial charge in [-0.3, -0.25) is 14.5 Å². The van der Waals surface area contributed by atoms with E-state index in [9.17, 15) is 19.5 Å². The van der Waals surface area contributed by atoms with Crippen molar-refractivity contribution in [2.24, 2.45) is 17.8 Å². The van der Waals surface area contributed by atoms with E-state index in [1.54, 1.807) is 6.20 Å². The lowest BCUT2D eigenvalue weighted by atomic mass is 9.79. The summed E-state index contributed by atoms with van der Waals surface area (Å²) >= 11 is 0. The molecule has 0 radical (unpaired) electrons. The van der Waals surface area contributed by atoms with Gasteiger partial charge in [0.2, 0.25) is 0 Å². The van der Waals surface area contributed by atoms with E-state index in [4.69, 9.17) is 4.74 Å². The van der Waals surface area contributed by atoms with Crippen molar-refractivity contribution in [3.8, 4) is 5.75 Å². The zero-order valence-electron chi connectivity index (χ0n) is 26.1. The minimum Gasteiger partial charge on any atom is -0.485 e. The minimum absolute atomic E-state index is 0.0722. The van der Waals surface area contributed by atoms with E-state index in [2.05, 4.69) is 5.32 Å². The lowest BCUT2D eigenvalue weighted by Crippen LogP contribution is -2.53. The van der Waals surface area contributed by atoms with Crippen LogP contribution in [0.25, 0.3) is 0 Å². The van der Waals surface area contributed by atoms with Crippen molar-refractivity contribution in [2.45, 2.75) is 59.1 Å². The summed E-state index contributed by atoms with van der Waals surface area (Å²) in [6.07, 6.45) is 3.14.